The van der Waals surface area contributed by atoms with Gasteiger partial charge in [0.2, 0.25) is 5.91 Å². The van der Waals surface area contributed by atoms with Gasteiger partial charge >= 0.3 is 6.03 Å². The van der Waals surface area contributed by atoms with Gasteiger partial charge in [-0.15, -0.1) is 0 Å². The van der Waals surface area contributed by atoms with Gasteiger partial charge < -0.3 is 21.7 Å². The van der Waals surface area contributed by atoms with Crippen molar-refractivity contribution in [3.8, 4) is 0 Å². The van der Waals surface area contributed by atoms with E-state index in [1.807, 2.05) is 39.0 Å². The smallest absolute Gasteiger partial charge is 0.316 e. The average molecular weight is 396 g/mol. The third-order valence-electron chi connectivity index (χ3n) is 4.38. The quantitative estimate of drug-likeness (QED) is 0.550. The molecule has 0 fully saturated rings. The fourth-order valence-electron chi connectivity index (χ4n) is 2.98. The van der Waals surface area contributed by atoms with Gasteiger partial charge in [-0.1, -0.05) is 44.2 Å². The molecule has 154 valence electrons. The van der Waals surface area contributed by atoms with E-state index in [2.05, 4.69) is 16.0 Å². The number of amides is 4. The first-order valence-corrected chi connectivity index (χ1v) is 9.56. The lowest BCUT2D eigenvalue weighted by Gasteiger charge is -2.21. The number of aryl methyl sites for hydroxylation is 1. The predicted octanol–water partition coefficient (Wildman–Crippen LogP) is 2.95. The standard InChI is InChI=1S/C22H28N4O3/c1-14(2)11-19(26-20(27)18-10-5-4-7-15(18)3)21(28)24-13-16-8-6-9-17(12-16)25-22(23)29/h4-10,12,14,19H,11,13H2,1-3H3,(H,24,28)(H,26,27)(H3,23,25,29). The minimum absolute atomic E-state index is 0.228. The molecule has 2 rings (SSSR count). The summed E-state index contributed by atoms with van der Waals surface area (Å²) in [5, 5.41) is 8.21. The van der Waals surface area contributed by atoms with Crippen LogP contribution in [0.2, 0.25) is 0 Å². The van der Waals surface area contributed by atoms with Crippen molar-refractivity contribution >= 4 is 23.5 Å². The van der Waals surface area contributed by atoms with Gasteiger partial charge in [0.05, 0.1) is 0 Å². The molecule has 29 heavy (non-hydrogen) atoms. The van der Waals surface area contributed by atoms with Crippen LogP contribution in [-0.2, 0) is 11.3 Å². The van der Waals surface area contributed by atoms with E-state index < -0.39 is 12.1 Å². The van der Waals surface area contributed by atoms with Crippen LogP contribution in [0.3, 0.4) is 0 Å². The van der Waals surface area contributed by atoms with Crippen LogP contribution in [0.4, 0.5) is 10.5 Å². The summed E-state index contributed by atoms with van der Waals surface area (Å²) in [6, 6.07) is 13.0. The number of rotatable bonds is 8. The van der Waals surface area contributed by atoms with Crippen LogP contribution in [0.5, 0.6) is 0 Å². The van der Waals surface area contributed by atoms with Gasteiger partial charge in [-0.05, 0) is 48.6 Å². The van der Waals surface area contributed by atoms with E-state index in [4.69, 9.17) is 5.73 Å². The van der Waals surface area contributed by atoms with Crippen LogP contribution >= 0.6 is 0 Å². The van der Waals surface area contributed by atoms with E-state index in [1.165, 1.54) is 0 Å². The molecule has 0 saturated heterocycles. The second kappa shape index (κ2) is 10.3. The van der Waals surface area contributed by atoms with Gasteiger partial charge in [-0.2, -0.15) is 0 Å². The summed E-state index contributed by atoms with van der Waals surface area (Å²) in [5.74, 6) is -0.295. The van der Waals surface area contributed by atoms with Gasteiger partial charge in [0.1, 0.15) is 6.04 Å². The van der Waals surface area contributed by atoms with Gasteiger partial charge in [0.15, 0.2) is 0 Å². The maximum Gasteiger partial charge on any atom is 0.316 e. The summed E-state index contributed by atoms with van der Waals surface area (Å²) in [6.45, 7) is 6.12. The number of hydrogen-bond acceptors (Lipinski definition) is 3. The van der Waals surface area contributed by atoms with Crippen molar-refractivity contribution in [1.29, 1.82) is 0 Å². The van der Waals surface area contributed by atoms with Crippen LogP contribution in [0.15, 0.2) is 48.5 Å². The molecule has 0 aliphatic heterocycles. The number of carbonyl (C=O) groups is 3. The molecule has 0 saturated carbocycles. The second-order valence-electron chi connectivity index (χ2n) is 7.38. The van der Waals surface area contributed by atoms with Gasteiger partial charge in [-0.3, -0.25) is 9.59 Å². The number of nitrogens with one attached hydrogen (secondary N) is 3. The summed E-state index contributed by atoms with van der Waals surface area (Å²) in [6.07, 6.45) is 0.521. The van der Waals surface area contributed by atoms with Crippen molar-refractivity contribution in [2.24, 2.45) is 11.7 Å². The summed E-state index contributed by atoms with van der Waals surface area (Å²) < 4.78 is 0. The third-order valence-corrected chi connectivity index (χ3v) is 4.38. The van der Waals surface area contributed by atoms with Crippen LogP contribution in [0, 0.1) is 12.8 Å². The Kier molecular flexibility index (Phi) is 7.77. The van der Waals surface area contributed by atoms with E-state index in [0.717, 1.165) is 11.1 Å². The monoisotopic (exact) mass is 396 g/mol. The van der Waals surface area contributed by atoms with Crippen molar-refractivity contribution in [2.75, 3.05) is 5.32 Å². The Balaban J connectivity index is 2.04. The molecule has 0 aliphatic rings. The lowest BCUT2D eigenvalue weighted by molar-refractivity contribution is -0.123. The van der Waals surface area contributed by atoms with E-state index in [0.29, 0.717) is 17.7 Å². The van der Waals surface area contributed by atoms with Crippen molar-refractivity contribution in [1.82, 2.24) is 10.6 Å². The zero-order chi connectivity index (χ0) is 21.4. The summed E-state index contributed by atoms with van der Waals surface area (Å²) >= 11 is 0. The molecule has 1 atom stereocenters. The SMILES string of the molecule is Cc1ccccc1C(=O)NC(CC(C)C)C(=O)NCc1cccc(NC(N)=O)c1. The molecular formula is C22H28N4O3. The Labute approximate surface area is 171 Å². The van der Waals surface area contributed by atoms with Crippen molar-refractivity contribution in [3.63, 3.8) is 0 Å². The van der Waals surface area contributed by atoms with Crippen LogP contribution in [0.25, 0.3) is 0 Å². The number of primary amides is 1. The Morgan fingerprint density at radius 2 is 1.76 bits per heavy atom. The number of nitrogens with two attached hydrogens (primary N) is 1. The largest absolute Gasteiger partial charge is 0.351 e. The second-order valence-corrected chi connectivity index (χ2v) is 7.38. The molecule has 5 N–H and O–H groups in total. The van der Waals surface area contributed by atoms with Gasteiger partial charge in [0, 0.05) is 17.8 Å². The Morgan fingerprint density at radius 1 is 1.03 bits per heavy atom. The number of anilines is 1. The number of benzene rings is 2. The topological polar surface area (TPSA) is 113 Å². The highest BCUT2D eigenvalue weighted by Crippen LogP contribution is 2.12. The highest BCUT2D eigenvalue weighted by molar-refractivity contribution is 5.98. The molecule has 2 aromatic carbocycles. The first-order chi connectivity index (χ1) is 13.8. The van der Waals surface area contributed by atoms with Crippen molar-refractivity contribution in [2.45, 2.75) is 39.8 Å². The molecule has 7 heteroatoms. The van der Waals surface area contributed by atoms with E-state index in [1.54, 1.807) is 30.3 Å². The number of urea groups is 1. The van der Waals surface area contributed by atoms with Crippen LogP contribution in [-0.4, -0.2) is 23.9 Å². The lowest BCUT2D eigenvalue weighted by Crippen LogP contribution is -2.47. The minimum atomic E-state index is -0.651. The fourth-order valence-corrected chi connectivity index (χ4v) is 2.98. The molecule has 4 amide bonds. The van der Waals surface area contributed by atoms with E-state index >= 15 is 0 Å². The molecule has 2 aromatic rings. The van der Waals surface area contributed by atoms with Gasteiger partial charge in [0.25, 0.3) is 5.91 Å². The third kappa shape index (κ3) is 6.95. The zero-order valence-corrected chi connectivity index (χ0v) is 17.0. The fraction of sp³-hybridized carbons (Fsp3) is 0.318. The molecule has 0 radical (unpaired) electrons. The predicted molar refractivity (Wildman–Crippen MR) is 113 cm³/mol. The molecule has 0 bridgehead atoms. The molecule has 0 aromatic heterocycles. The summed E-state index contributed by atoms with van der Waals surface area (Å²) in [7, 11) is 0. The normalized spacial score (nSPS) is 11.6. The average Bonchev–Trinajstić information content (AvgIpc) is 2.65. The lowest BCUT2D eigenvalue weighted by atomic mass is 10.0. The molecule has 0 heterocycles. The van der Waals surface area contributed by atoms with E-state index in [9.17, 15) is 14.4 Å². The van der Waals surface area contributed by atoms with Crippen molar-refractivity contribution < 1.29 is 14.4 Å². The minimum Gasteiger partial charge on any atom is -0.351 e. The first-order valence-electron chi connectivity index (χ1n) is 9.56. The summed E-state index contributed by atoms with van der Waals surface area (Å²) in [4.78, 5) is 36.4. The number of hydrogen-bond donors (Lipinski definition) is 4. The van der Waals surface area contributed by atoms with Gasteiger partial charge in [-0.25, -0.2) is 4.79 Å². The van der Waals surface area contributed by atoms with Crippen LogP contribution in [0.1, 0.15) is 41.8 Å². The highest BCUT2D eigenvalue weighted by Gasteiger charge is 2.23. The van der Waals surface area contributed by atoms with Crippen LogP contribution < -0.4 is 21.7 Å². The molecule has 1 unspecified atom stereocenters. The highest BCUT2D eigenvalue weighted by atomic mass is 16.2. The Hall–Kier alpha value is -3.35. The molecule has 0 aliphatic carbocycles. The van der Waals surface area contributed by atoms with Crippen molar-refractivity contribution in [3.05, 3.63) is 65.2 Å². The molecule has 0 spiro atoms. The first kappa shape index (κ1) is 21.9. The van der Waals surface area contributed by atoms with E-state index in [-0.39, 0.29) is 24.3 Å². The molecular weight excluding hydrogens is 368 g/mol. The maximum atomic E-state index is 12.8. The maximum absolute atomic E-state index is 12.8. The number of carbonyl (C=O) groups excluding carboxylic acids is 3. The zero-order valence-electron chi connectivity index (χ0n) is 17.0. The Morgan fingerprint density at radius 3 is 2.41 bits per heavy atom. The summed E-state index contributed by atoms with van der Waals surface area (Å²) in [5.41, 5.74) is 7.89. The molecule has 7 nitrogen and oxygen atoms in total. The Bertz CT molecular complexity index is 880.